The third-order valence-corrected chi connectivity index (χ3v) is 7.02. The van der Waals surface area contributed by atoms with Crippen molar-refractivity contribution in [3.8, 4) is 5.69 Å². The molecule has 0 unspecified atom stereocenters. The van der Waals surface area contributed by atoms with Gasteiger partial charge < -0.3 is 5.32 Å². The van der Waals surface area contributed by atoms with Crippen molar-refractivity contribution in [3.05, 3.63) is 33.8 Å². The average Bonchev–Trinajstić information content (AvgIpc) is 2.96. The molecule has 4 nitrogen and oxygen atoms in total. The number of aromatic nitrogens is 2. The molecule has 2 atom stereocenters. The number of thioether (sulfide) groups is 1. The van der Waals surface area contributed by atoms with Crippen LogP contribution in [0.1, 0.15) is 38.2 Å². The van der Waals surface area contributed by atoms with Gasteiger partial charge in [-0.15, -0.1) is 5.10 Å². The number of amides is 1. The van der Waals surface area contributed by atoms with Gasteiger partial charge in [0, 0.05) is 6.04 Å². The zero-order chi connectivity index (χ0) is 17.8. The first-order valence-corrected chi connectivity index (χ1v) is 10.8. The predicted octanol–water partition coefficient (Wildman–Crippen LogP) is 4.76. The van der Waals surface area contributed by atoms with E-state index in [2.05, 4.69) is 17.3 Å². The fraction of sp³-hybridized carbons (Fsp3) is 0.500. The highest BCUT2D eigenvalue weighted by molar-refractivity contribution is 8.01. The van der Waals surface area contributed by atoms with Crippen LogP contribution >= 0.6 is 35.3 Å². The van der Waals surface area contributed by atoms with E-state index >= 15 is 0 Å². The Balaban J connectivity index is 1.61. The summed E-state index contributed by atoms with van der Waals surface area (Å²) in [7, 11) is 0. The van der Waals surface area contributed by atoms with Gasteiger partial charge in [0.15, 0.2) is 8.29 Å². The van der Waals surface area contributed by atoms with E-state index in [1.807, 2.05) is 31.2 Å². The Kier molecular flexibility index (Phi) is 6.30. The highest BCUT2D eigenvalue weighted by atomic mass is 32.2. The molecule has 7 heteroatoms. The first-order chi connectivity index (χ1) is 12.0. The molecule has 1 N–H and O–H groups in total. The number of carbonyl (C=O) groups is 1. The van der Waals surface area contributed by atoms with E-state index in [1.54, 1.807) is 4.68 Å². The van der Waals surface area contributed by atoms with E-state index < -0.39 is 0 Å². The number of hydrogen-bond donors (Lipinski definition) is 1. The molecule has 1 heterocycles. The van der Waals surface area contributed by atoms with Gasteiger partial charge in [-0.25, -0.2) is 4.68 Å². The lowest BCUT2D eigenvalue weighted by Crippen LogP contribution is -2.41. The summed E-state index contributed by atoms with van der Waals surface area (Å²) in [5.74, 6) is 1.05. The molecule has 1 amide bonds. The van der Waals surface area contributed by atoms with Gasteiger partial charge in [-0.1, -0.05) is 61.1 Å². The number of para-hydroxylation sites is 1. The molecule has 3 rings (SSSR count). The van der Waals surface area contributed by atoms with E-state index in [0.717, 1.165) is 22.0 Å². The lowest BCUT2D eigenvalue weighted by Gasteiger charge is -2.29. The van der Waals surface area contributed by atoms with E-state index in [0.29, 0.717) is 21.7 Å². The highest BCUT2D eigenvalue weighted by Gasteiger charge is 2.22. The van der Waals surface area contributed by atoms with Crippen LogP contribution in [0.5, 0.6) is 0 Å². The van der Waals surface area contributed by atoms with E-state index in [4.69, 9.17) is 12.2 Å². The summed E-state index contributed by atoms with van der Waals surface area (Å²) in [5.41, 5.74) is 2.13. The van der Waals surface area contributed by atoms with Crippen LogP contribution in [0, 0.1) is 16.8 Å². The molecule has 25 heavy (non-hydrogen) atoms. The fourth-order valence-corrected chi connectivity index (χ4v) is 5.34. The van der Waals surface area contributed by atoms with Crippen molar-refractivity contribution < 1.29 is 4.79 Å². The van der Waals surface area contributed by atoms with Crippen molar-refractivity contribution in [3.63, 3.8) is 0 Å². The Morgan fingerprint density at radius 1 is 1.40 bits per heavy atom. The second kappa shape index (κ2) is 8.47. The van der Waals surface area contributed by atoms with Crippen molar-refractivity contribution in [2.24, 2.45) is 5.92 Å². The number of nitrogens with zero attached hydrogens (tertiary/aromatic N) is 2. The molecule has 0 aliphatic heterocycles. The number of rotatable bonds is 5. The molecule has 0 bridgehead atoms. The topological polar surface area (TPSA) is 46.9 Å². The molecule has 0 saturated heterocycles. The summed E-state index contributed by atoms with van der Waals surface area (Å²) in [4.78, 5) is 12.3. The molecule has 0 radical (unpaired) electrons. The second-order valence-electron chi connectivity index (χ2n) is 6.56. The third kappa shape index (κ3) is 4.71. The monoisotopic (exact) mass is 393 g/mol. The Morgan fingerprint density at radius 2 is 2.16 bits per heavy atom. The van der Waals surface area contributed by atoms with Gasteiger partial charge in [-0.2, -0.15) is 0 Å². The van der Waals surface area contributed by atoms with Crippen molar-refractivity contribution in [2.45, 2.75) is 49.9 Å². The number of benzene rings is 1. The highest BCUT2D eigenvalue weighted by Crippen LogP contribution is 2.26. The number of nitrogens with one attached hydrogen (secondary N) is 1. The molecule has 1 aliphatic rings. The summed E-state index contributed by atoms with van der Waals surface area (Å²) in [6, 6.07) is 8.36. The molecule has 2 aromatic rings. The van der Waals surface area contributed by atoms with Crippen LogP contribution in [0.3, 0.4) is 0 Å². The van der Waals surface area contributed by atoms with Crippen molar-refractivity contribution >= 4 is 41.2 Å². The molecule has 1 aliphatic carbocycles. The first-order valence-electron chi connectivity index (χ1n) is 8.63. The lowest BCUT2D eigenvalue weighted by atomic mass is 9.86. The predicted molar refractivity (Wildman–Crippen MR) is 107 cm³/mol. The first kappa shape index (κ1) is 18.6. The van der Waals surface area contributed by atoms with Crippen molar-refractivity contribution in [1.82, 2.24) is 15.1 Å². The van der Waals surface area contributed by atoms with Crippen LogP contribution in [0.4, 0.5) is 0 Å². The van der Waals surface area contributed by atoms with Crippen LogP contribution in [-0.4, -0.2) is 27.5 Å². The molecule has 1 aromatic carbocycles. The normalized spacial score (nSPS) is 20.4. The molecular formula is C18H23N3OS3. The van der Waals surface area contributed by atoms with E-state index in [-0.39, 0.29) is 5.91 Å². The largest absolute Gasteiger partial charge is 0.352 e. The SMILES string of the molecule is Cc1ccccc1-n1nc(SCC(=O)N[C@@H]2CCCC[C@H]2C)sc1=S. The molecular weight excluding hydrogens is 370 g/mol. The summed E-state index contributed by atoms with van der Waals surface area (Å²) >= 11 is 8.36. The van der Waals surface area contributed by atoms with Gasteiger partial charge in [0.1, 0.15) is 0 Å². The van der Waals surface area contributed by atoms with E-state index in [9.17, 15) is 4.79 Å². The number of hydrogen-bond acceptors (Lipinski definition) is 5. The van der Waals surface area contributed by atoms with Crippen molar-refractivity contribution in [1.29, 1.82) is 0 Å². The minimum atomic E-state index is 0.0901. The summed E-state index contributed by atoms with van der Waals surface area (Å²) < 4.78 is 3.33. The summed E-state index contributed by atoms with van der Waals surface area (Å²) in [5, 5.41) is 7.77. The standard InChI is InChI=1S/C18H23N3OS3/c1-12-7-3-5-9-14(12)19-16(22)11-24-17-20-21(18(23)25-17)15-10-6-4-8-13(15)2/h4,6,8,10,12,14H,3,5,7,9,11H2,1-2H3,(H,19,22)/t12-,14-/m1/s1. The average molecular weight is 394 g/mol. The van der Waals surface area contributed by atoms with E-state index in [1.165, 1.54) is 42.4 Å². The molecule has 134 valence electrons. The van der Waals surface area contributed by atoms with Gasteiger partial charge >= 0.3 is 0 Å². The van der Waals surface area contributed by atoms with Gasteiger partial charge in [0.05, 0.1) is 11.4 Å². The Morgan fingerprint density at radius 3 is 2.92 bits per heavy atom. The van der Waals surface area contributed by atoms with Gasteiger partial charge in [0.2, 0.25) is 5.91 Å². The van der Waals surface area contributed by atoms with Crippen LogP contribution < -0.4 is 5.32 Å². The summed E-state index contributed by atoms with van der Waals surface area (Å²) in [6.45, 7) is 4.27. The lowest BCUT2D eigenvalue weighted by molar-refractivity contribution is -0.119. The maximum atomic E-state index is 12.3. The quantitative estimate of drug-likeness (QED) is 0.588. The Labute approximate surface area is 162 Å². The van der Waals surface area contributed by atoms with Crippen LogP contribution in [0.25, 0.3) is 5.69 Å². The number of carbonyl (C=O) groups excluding carboxylic acids is 1. The zero-order valence-electron chi connectivity index (χ0n) is 14.5. The zero-order valence-corrected chi connectivity index (χ0v) is 17.0. The van der Waals surface area contributed by atoms with Crippen LogP contribution in [-0.2, 0) is 4.79 Å². The Bertz CT molecular complexity index is 799. The smallest absolute Gasteiger partial charge is 0.230 e. The third-order valence-electron chi connectivity index (χ3n) is 4.66. The number of aryl methyl sites for hydroxylation is 1. The molecule has 1 aromatic heterocycles. The van der Waals surface area contributed by atoms with Gasteiger partial charge in [0.25, 0.3) is 0 Å². The van der Waals surface area contributed by atoms with Gasteiger partial charge in [-0.3, -0.25) is 4.79 Å². The minimum Gasteiger partial charge on any atom is -0.352 e. The Hall–Kier alpha value is -1.18. The second-order valence-corrected chi connectivity index (χ2v) is 9.40. The van der Waals surface area contributed by atoms with Crippen LogP contribution in [0.2, 0.25) is 0 Å². The minimum absolute atomic E-state index is 0.0901. The fourth-order valence-electron chi connectivity index (χ4n) is 3.18. The van der Waals surface area contributed by atoms with Gasteiger partial charge in [-0.05, 0) is 49.5 Å². The molecule has 0 spiro atoms. The van der Waals surface area contributed by atoms with Crippen molar-refractivity contribution in [2.75, 3.05) is 5.75 Å². The maximum Gasteiger partial charge on any atom is 0.230 e. The summed E-state index contributed by atoms with van der Waals surface area (Å²) in [6.07, 6.45) is 4.80. The van der Waals surface area contributed by atoms with Crippen LogP contribution in [0.15, 0.2) is 28.6 Å². The maximum absolute atomic E-state index is 12.3. The molecule has 1 saturated carbocycles. The molecule has 1 fully saturated rings.